The first-order chi connectivity index (χ1) is 14.1. The van der Waals surface area contributed by atoms with E-state index in [1.807, 2.05) is 24.3 Å². The number of carbonyl (C=O) groups is 2. The van der Waals surface area contributed by atoms with Crippen LogP contribution in [0.25, 0.3) is 10.9 Å². The number of para-hydroxylation sites is 1. The average Bonchev–Trinajstić information content (AvgIpc) is 2.74. The van der Waals surface area contributed by atoms with Crippen molar-refractivity contribution in [1.82, 2.24) is 9.55 Å². The quantitative estimate of drug-likeness (QED) is 0.594. The van der Waals surface area contributed by atoms with Crippen LogP contribution in [-0.4, -0.2) is 28.0 Å². The van der Waals surface area contributed by atoms with Crippen molar-refractivity contribution < 1.29 is 14.3 Å². The van der Waals surface area contributed by atoms with Crippen molar-refractivity contribution in [2.24, 2.45) is 0 Å². The highest BCUT2D eigenvalue weighted by Gasteiger charge is 2.11. The number of rotatable bonds is 8. The maximum absolute atomic E-state index is 12.4. The lowest BCUT2D eigenvalue weighted by Crippen LogP contribution is -2.28. The fourth-order valence-electron chi connectivity index (χ4n) is 2.88. The van der Waals surface area contributed by atoms with Gasteiger partial charge in [-0.15, -0.1) is 0 Å². The molecule has 0 fully saturated rings. The van der Waals surface area contributed by atoms with E-state index in [2.05, 4.69) is 17.2 Å². The van der Waals surface area contributed by atoms with Crippen molar-refractivity contribution in [3.05, 3.63) is 70.8 Å². The molecule has 1 aromatic heterocycles. The second-order valence-electron chi connectivity index (χ2n) is 6.70. The molecule has 29 heavy (non-hydrogen) atoms. The first-order valence-electron chi connectivity index (χ1n) is 9.55. The molecule has 0 bridgehead atoms. The molecule has 7 heteroatoms. The number of amides is 1. The zero-order valence-corrected chi connectivity index (χ0v) is 16.3. The van der Waals surface area contributed by atoms with Gasteiger partial charge in [-0.1, -0.05) is 37.6 Å². The highest BCUT2D eigenvalue weighted by atomic mass is 16.5. The first-order valence-corrected chi connectivity index (χ1v) is 9.55. The number of anilines is 1. The van der Waals surface area contributed by atoms with E-state index in [4.69, 9.17) is 4.74 Å². The molecule has 0 aliphatic heterocycles. The molecule has 1 heterocycles. The molecule has 0 saturated heterocycles. The molecule has 0 aliphatic carbocycles. The van der Waals surface area contributed by atoms with Crippen LogP contribution in [0.3, 0.4) is 0 Å². The van der Waals surface area contributed by atoms with Gasteiger partial charge in [0.2, 0.25) is 0 Å². The summed E-state index contributed by atoms with van der Waals surface area (Å²) in [7, 11) is 0. The van der Waals surface area contributed by atoms with Gasteiger partial charge in [0.15, 0.2) is 6.61 Å². The Labute approximate surface area is 168 Å². The standard InChI is InChI=1S/C22H23N3O4/c1-2-3-6-16-9-11-17(12-10-16)24-20(26)14-29-21(27)13-25-15-23-19-8-5-4-7-18(19)22(25)28/h4-5,7-12,15H,2-3,6,13-14H2,1H3,(H,24,26). The summed E-state index contributed by atoms with van der Waals surface area (Å²) < 4.78 is 6.15. The lowest BCUT2D eigenvalue weighted by atomic mass is 10.1. The van der Waals surface area contributed by atoms with Crippen LogP contribution in [0.4, 0.5) is 5.69 Å². The van der Waals surface area contributed by atoms with Gasteiger partial charge in [0.1, 0.15) is 6.54 Å². The Morgan fingerprint density at radius 1 is 1.10 bits per heavy atom. The predicted molar refractivity (Wildman–Crippen MR) is 111 cm³/mol. The number of hydrogen-bond donors (Lipinski definition) is 1. The Kier molecular flexibility index (Phi) is 6.73. The van der Waals surface area contributed by atoms with Crippen molar-refractivity contribution in [2.45, 2.75) is 32.7 Å². The Morgan fingerprint density at radius 2 is 1.86 bits per heavy atom. The molecule has 0 saturated carbocycles. The number of aromatic nitrogens is 2. The third kappa shape index (κ3) is 5.51. The maximum atomic E-state index is 12.4. The van der Waals surface area contributed by atoms with E-state index >= 15 is 0 Å². The summed E-state index contributed by atoms with van der Waals surface area (Å²) in [5, 5.41) is 3.10. The third-order valence-electron chi connectivity index (χ3n) is 4.45. The molecule has 0 spiro atoms. The Bertz CT molecular complexity index is 1060. The van der Waals surface area contributed by atoms with Gasteiger partial charge in [0.05, 0.1) is 17.2 Å². The minimum Gasteiger partial charge on any atom is -0.454 e. The smallest absolute Gasteiger partial charge is 0.326 e. The largest absolute Gasteiger partial charge is 0.454 e. The van der Waals surface area contributed by atoms with E-state index in [0.29, 0.717) is 16.6 Å². The number of nitrogens with one attached hydrogen (secondary N) is 1. The Morgan fingerprint density at radius 3 is 2.62 bits per heavy atom. The number of aryl methyl sites for hydroxylation is 1. The van der Waals surface area contributed by atoms with Gasteiger partial charge in [-0.05, 0) is 42.7 Å². The number of carbonyl (C=O) groups excluding carboxylic acids is 2. The number of benzene rings is 2. The molecule has 0 aliphatic rings. The molecule has 1 amide bonds. The molecule has 7 nitrogen and oxygen atoms in total. The summed E-state index contributed by atoms with van der Waals surface area (Å²) in [4.78, 5) is 40.5. The molecule has 3 aromatic rings. The molecule has 1 N–H and O–H groups in total. The van der Waals surface area contributed by atoms with Crippen molar-refractivity contribution in [2.75, 3.05) is 11.9 Å². The molecular formula is C22H23N3O4. The number of nitrogens with zero attached hydrogens (tertiary/aromatic N) is 2. The van der Waals surface area contributed by atoms with Gasteiger partial charge in [0, 0.05) is 5.69 Å². The Hall–Kier alpha value is -3.48. The highest BCUT2D eigenvalue weighted by Crippen LogP contribution is 2.11. The molecule has 0 unspecified atom stereocenters. The van der Waals surface area contributed by atoms with Gasteiger partial charge in [-0.2, -0.15) is 0 Å². The van der Waals surface area contributed by atoms with Crippen molar-refractivity contribution in [3.8, 4) is 0 Å². The summed E-state index contributed by atoms with van der Waals surface area (Å²) in [5.41, 5.74) is 2.08. The number of unbranched alkanes of at least 4 members (excludes halogenated alkanes) is 1. The second-order valence-corrected chi connectivity index (χ2v) is 6.70. The van der Waals surface area contributed by atoms with E-state index in [1.165, 1.54) is 11.9 Å². The third-order valence-corrected chi connectivity index (χ3v) is 4.45. The van der Waals surface area contributed by atoms with Gasteiger partial charge >= 0.3 is 5.97 Å². The van der Waals surface area contributed by atoms with Crippen molar-refractivity contribution in [1.29, 1.82) is 0 Å². The summed E-state index contributed by atoms with van der Waals surface area (Å²) in [5.74, 6) is -1.13. The lowest BCUT2D eigenvalue weighted by molar-refractivity contribution is -0.147. The zero-order chi connectivity index (χ0) is 20.6. The van der Waals surface area contributed by atoms with Crippen molar-refractivity contribution in [3.63, 3.8) is 0 Å². The molecular weight excluding hydrogens is 370 g/mol. The highest BCUT2D eigenvalue weighted by molar-refractivity contribution is 5.92. The fraction of sp³-hybridized carbons (Fsp3) is 0.273. The minimum atomic E-state index is -0.686. The Balaban J connectivity index is 1.51. The average molecular weight is 393 g/mol. The molecule has 0 atom stereocenters. The molecule has 0 radical (unpaired) electrons. The number of ether oxygens (including phenoxy) is 1. The summed E-state index contributed by atoms with van der Waals surface area (Å²) in [6, 6.07) is 14.5. The maximum Gasteiger partial charge on any atom is 0.326 e. The molecule has 3 rings (SSSR count). The van der Waals surface area contributed by atoms with E-state index in [0.717, 1.165) is 23.8 Å². The van der Waals surface area contributed by atoms with Crippen LogP contribution in [0.2, 0.25) is 0 Å². The van der Waals surface area contributed by atoms with E-state index in [9.17, 15) is 14.4 Å². The van der Waals surface area contributed by atoms with Crippen LogP contribution < -0.4 is 10.9 Å². The topological polar surface area (TPSA) is 90.3 Å². The predicted octanol–water partition coefficient (Wildman–Crippen LogP) is 2.92. The van der Waals surface area contributed by atoms with Gasteiger partial charge in [0.25, 0.3) is 11.5 Å². The summed E-state index contributed by atoms with van der Waals surface area (Å²) in [6.45, 7) is 1.41. The van der Waals surface area contributed by atoms with Crippen LogP contribution in [0.5, 0.6) is 0 Å². The fourth-order valence-corrected chi connectivity index (χ4v) is 2.88. The van der Waals surface area contributed by atoms with E-state index in [-0.39, 0.29) is 12.1 Å². The van der Waals surface area contributed by atoms with Crippen LogP contribution in [0.15, 0.2) is 59.7 Å². The van der Waals surface area contributed by atoms with Gasteiger partial charge in [-0.25, -0.2) is 4.98 Å². The number of hydrogen-bond acceptors (Lipinski definition) is 5. The first kappa shape index (κ1) is 20.3. The van der Waals surface area contributed by atoms with Crippen LogP contribution in [0.1, 0.15) is 25.3 Å². The normalized spacial score (nSPS) is 10.7. The number of fused-ring (bicyclic) bond motifs is 1. The SMILES string of the molecule is CCCCc1ccc(NC(=O)COC(=O)Cn2cnc3ccccc3c2=O)cc1. The summed E-state index contributed by atoms with van der Waals surface area (Å²) in [6.07, 6.45) is 4.56. The van der Waals surface area contributed by atoms with Gasteiger partial charge < -0.3 is 10.1 Å². The lowest BCUT2D eigenvalue weighted by Gasteiger charge is -2.09. The van der Waals surface area contributed by atoms with E-state index < -0.39 is 18.5 Å². The van der Waals surface area contributed by atoms with Crippen LogP contribution in [0, 0.1) is 0 Å². The monoisotopic (exact) mass is 393 g/mol. The second kappa shape index (κ2) is 9.64. The van der Waals surface area contributed by atoms with Crippen LogP contribution in [-0.2, 0) is 27.3 Å². The summed E-state index contributed by atoms with van der Waals surface area (Å²) >= 11 is 0. The molecule has 2 aromatic carbocycles. The van der Waals surface area contributed by atoms with E-state index in [1.54, 1.807) is 24.3 Å². The van der Waals surface area contributed by atoms with Crippen molar-refractivity contribution >= 4 is 28.5 Å². The van der Waals surface area contributed by atoms with Gasteiger partial charge in [-0.3, -0.25) is 19.0 Å². The molecule has 150 valence electrons. The minimum absolute atomic E-state index is 0.309. The zero-order valence-electron chi connectivity index (χ0n) is 16.3. The number of esters is 1. The van der Waals surface area contributed by atoms with Crippen LogP contribution >= 0.6 is 0 Å².